The summed E-state index contributed by atoms with van der Waals surface area (Å²) in [6, 6.07) is 15.6. The van der Waals surface area contributed by atoms with Gasteiger partial charge in [-0.2, -0.15) is 5.10 Å². The second-order valence-electron chi connectivity index (χ2n) is 6.18. The van der Waals surface area contributed by atoms with Crippen molar-refractivity contribution < 1.29 is 0 Å². The van der Waals surface area contributed by atoms with Gasteiger partial charge in [-0.1, -0.05) is 24.3 Å². The van der Waals surface area contributed by atoms with E-state index in [1.807, 2.05) is 61.7 Å². The maximum Gasteiger partial charge on any atom is 0.254 e. The van der Waals surface area contributed by atoms with Crippen LogP contribution in [0, 0.1) is 6.92 Å². The Kier molecular flexibility index (Phi) is 4.33. The van der Waals surface area contributed by atoms with Gasteiger partial charge in [0.05, 0.1) is 11.4 Å². The Bertz CT molecular complexity index is 1080. The highest BCUT2D eigenvalue weighted by atomic mass is 16.1. The molecule has 0 amide bonds. The maximum absolute atomic E-state index is 12.5. The normalized spacial score (nSPS) is 11.1. The van der Waals surface area contributed by atoms with E-state index in [-0.39, 0.29) is 5.56 Å². The van der Waals surface area contributed by atoms with Crippen molar-refractivity contribution in [3.63, 3.8) is 0 Å². The molecule has 0 fully saturated rings. The zero-order valence-corrected chi connectivity index (χ0v) is 14.4. The minimum Gasteiger partial charge on any atom is -0.308 e. The molecule has 26 heavy (non-hydrogen) atoms. The Hall–Kier alpha value is -3.25. The first-order chi connectivity index (χ1) is 12.7. The van der Waals surface area contributed by atoms with E-state index in [1.165, 1.54) is 0 Å². The number of nitrogens with zero attached hydrogens (tertiary/aromatic N) is 3. The molecule has 3 aromatic heterocycles. The molecule has 0 bridgehead atoms. The Balaban J connectivity index is 1.63. The monoisotopic (exact) mass is 345 g/mol. The number of nitrogens with one attached hydrogen (secondary N) is 2. The van der Waals surface area contributed by atoms with Gasteiger partial charge >= 0.3 is 0 Å². The molecule has 0 saturated carbocycles. The van der Waals surface area contributed by atoms with Crippen LogP contribution >= 0.6 is 0 Å². The highest BCUT2D eigenvalue weighted by Gasteiger charge is 2.12. The molecule has 0 unspecified atom stereocenters. The van der Waals surface area contributed by atoms with E-state index < -0.39 is 0 Å². The third-order valence-electron chi connectivity index (χ3n) is 4.32. The molecular formula is C20H19N5O. The fraction of sp³-hybridized carbons (Fsp3) is 0.150. The van der Waals surface area contributed by atoms with Crippen LogP contribution in [0.25, 0.3) is 16.7 Å². The van der Waals surface area contributed by atoms with Gasteiger partial charge in [0.1, 0.15) is 5.65 Å². The Morgan fingerprint density at radius 1 is 1.12 bits per heavy atom. The summed E-state index contributed by atoms with van der Waals surface area (Å²) in [5.74, 6) is 0. The van der Waals surface area contributed by atoms with Crippen molar-refractivity contribution in [1.82, 2.24) is 25.1 Å². The van der Waals surface area contributed by atoms with E-state index in [4.69, 9.17) is 0 Å². The van der Waals surface area contributed by atoms with Crippen LogP contribution in [-0.4, -0.2) is 19.7 Å². The van der Waals surface area contributed by atoms with Crippen LogP contribution in [0.3, 0.4) is 0 Å². The van der Waals surface area contributed by atoms with E-state index in [0.29, 0.717) is 18.7 Å². The van der Waals surface area contributed by atoms with Crippen molar-refractivity contribution in [2.24, 2.45) is 0 Å². The number of hydrogen-bond donors (Lipinski definition) is 2. The van der Waals surface area contributed by atoms with E-state index in [9.17, 15) is 4.79 Å². The predicted molar refractivity (Wildman–Crippen MR) is 101 cm³/mol. The topological polar surface area (TPSA) is 75.6 Å². The van der Waals surface area contributed by atoms with E-state index >= 15 is 0 Å². The summed E-state index contributed by atoms with van der Waals surface area (Å²) in [5, 5.41) is 8.83. The van der Waals surface area contributed by atoms with Gasteiger partial charge < -0.3 is 10.3 Å². The summed E-state index contributed by atoms with van der Waals surface area (Å²) < 4.78 is 1.78. The number of fused-ring (bicyclic) bond motifs is 1. The third-order valence-corrected chi connectivity index (χ3v) is 4.32. The summed E-state index contributed by atoms with van der Waals surface area (Å²) in [5.41, 5.74) is 4.19. The molecular weight excluding hydrogens is 326 g/mol. The van der Waals surface area contributed by atoms with Crippen molar-refractivity contribution >= 4 is 11.0 Å². The largest absolute Gasteiger partial charge is 0.308 e. The van der Waals surface area contributed by atoms with Crippen LogP contribution in [0.5, 0.6) is 0 Å². The lowest BCUT2D eigenvalue weighted by molar-refractivity contribution is 0.686. The molecule has 2 N–H and O–H groups in total. The molecule has 0 aliphatic rings. The average molecular weight is 345 g/mol. The summed E-state index contributed by atoms with van der Waals surface area (Å²) in [4.78, 5) is 19.6. The highest BCUT2D eigenvalue weighted by molar-refractivity contribution is 5.80. The first kappa shape index (κ1) is 16.2. The van der Waals surface area contributed by atoms with Gasteiger partial charge in [0, 0.05) is 36.4 Å². The number of aryl methyl sites for hydroxylation is 1. The van der Waals surface area contributed by atoms with Gasteiger partial charge in [-0.05, 0) is 36.8 Å². The van der Waals surface area contributed by atoms with Crippen molar-refractivity contribution in [3.8, 4) is 5.69 Å². The van der Waals surface area contributed by atoms with Gasteiger partial charge in [0.2, 0.25) is 0 Å². The number of pyridine rings is 2. The Morgan fingerprint density at radius 2 is 1.96 bits per heavy atom. The Morgan fingerprint density at radius 3 is 2.73 bits per heavy atom. The van der Waals surface area contributed by atoms with E-state index in [1.54, 1.807) is 10.9 Å². The van der Waals surface area contributed by atoms with E-state index in [2.05, 4.69) is 20.4 Å². The minimum atomic E-state index is -0.103. The quantitative estimate of drug-likeness (QED) is 0.583. The molecule has 0 spiro atoms. The first-order valence-corrected chi connectivity index (χ1v) is 8.49. The molecule has 4 rings (SSSR count). The molecule has 0 aliphatic heterocycles. The standard InChI is InChI=1S/C20H19N5O/c1-14-18-10-16(13-22-12-15-6-5-9-21-11-15)20(26)23-19(18)25(24-14)17-7-3-2-4-8-17/h2-11,22H,12-13H2,1H3,(H,23,26). The van der Waals surface area contributed by atoms with Crippen LogP contribution in [0.15, 0.2) is 65.7 Å². The second-order valence-corrected chi connectivity index (χ2v) is 6.18. The van der Waals surface area contributed by atoms with Crippen LogP contribution in [0.1, 0.15) is 16.8 Å². The van der Waals surface area contributed by atoms with Gasteiger partial charge in [0.15, 0.2) is 0 Å². The molecule has 0 aliphatic carbocycles. The fourth-order valence-electron chi connectivity index (χ4n) is 2.99. The lowest BCUT2D eigenvalue weighted by Gasteiger charge is -2.06. The number of aromatic amines is 1. The number of H-pyrrole nitrogens is 1. The highest BCUT2D eigenvalue weighted by Crippen LogP contribution is 2.19. The number of benzene rings is 1. The lowest BCUT2D eigenvalue weighted by atomic mass is 10.2. The van der Waals surface area contributed by atoms with Crippen molar-refractivity contribution in [3.05, 3.63) is 88.1 Å². The SMILES string of the molecule is Cc1nn(-c2ccccc2)c2[nH]c(=O)c(CNCc3cccnc3)cc12. The number of aromatic nitrogens is 4. The van der Waals surface area contributed by atoms with Gasteiger partial charge in [-0.3, -0.25) is 9.78 Å². The zero-order valence-electron chi connectivity index (χ0n) is 14.4. The van der Waals surface area contributed by atoms with Crippen LogP contribution in [0.4, 0.5) is 0 Å². The molecule has 130 valence electrons. The minimum absolute atomic E-state index is 0.103. The summed E-state index contributed by atoms with van der Waals surface area (Å²) >= 11 is 0. The second kappa shape index (κ2) is 6.93. The fourth-order valence-corrected chi connectivity index (χ4v) is 2.99. The van der Waals surface area contributed by atoms with Gasteiger partial charge in [0.25, 0.3) is 5.56 Å². The molecule has 1 aromatic carbocycles. The molecule has 0 saturated heterocycles. The van der Waals surface area contributed by atoms with Crippen LogP contribution in [0.2, 0.25) is 0 Å². The molecule has 4 aromatic rings. The first-order valence-electron chi connectivity index (χ1n) is 8.49. The predicted octanol–water partition coefficient (Wildman–Crippen LogP) is 2.71. The lowest BCUT2D eigenvalue weighted by Crippen LogP contribution is -2.21. The molecule has 6 heteroatoms. The van der Waals surface area contributed by atoms with Gasteiger partial charge in [-0.15, -0.1) is 0 Å². The summed E-state index contributed by atoms with van der Waals surface area (Å²) in [7, 11) is 0. The van der Waals surface area contributed by atoms with Crippen molar-refractivity contribution in [1.29, 1.82) is 0 Å². The van der Waals surface area contributed by atoms with Crippen molar-refractivity contribution in [2.75, 3.05) is 0 Å². The van der Waals surface area contributed by atoms with E-state index in [0.717, 1.165) is 28.0 Å². The van der Waals surface area contributed by atoms with Crippen molar-refractivity contribution in [2.45, 2.75) is 20.0 Å². The average Bonchev–Trinajstić information content (AvgIpc) is 2.99. The molecule has 0 radical (unpaired) electrons. The van der Waals surface area contributed by atoms with Crippen LogP contribution in [-0.2, 0) is 13.1 Å². The summed E-state index contributed by atoms with van der Waals surface area (Å²) in [6.45, 7) is 3.09. The maximum atomic E-state index is 12.5. The smallest absolute Gasteiger partial charge is 0.254 e. The number of para-hydroxylation sites is 1. The number of rotatable bonds is 5. The Labute approximate surface area is 150 Å². The molecule has 0 atom stereocenters. The molecule has 6 nitrogen and oxygen atoms in total. The number of hydrogen-bond acceptors (Lipinski definition) is 4. The van der Waals surface area contributed by atoms with Gasteiger partial charge in [-0.25, -0.2) is 4.68 Å². The summed E-state index contributed by atoms with van der Waals surface area (Å²) in [6.07, 6.45) is 3.56. The third kappa shape index (κ3) is 3.14. The molecule has 3 heterocycles. The zero-order chi connectivity index (χ0) is 17.9. The van der Waals surface area contributed by atoms with Crippen LogP contribution < -0.4 is 10.9 Å².